The van der Waals surface area contributed by atoms with Gasteiger partial charge >= 0.3 is 0 Å². The summed E-state index contributed by atoms with van der Waals surface area (Å²) in [5.74, 6) is 0. The summed E-state index contributed by atoms with van der Waals surface area (Å²) in [6, 6.07) is 0. The maximum Gasteiger partial charge on any atom is 0 e. The summed E-state index contributed by atoms with van der Waals surface area (Å²) < 4.78 is 0. The molecule has 2 heteroatoms. The van der Waals surface area contributed by atoms with Crippen LogP contribution in [-0.2, 0) is 40.8 Å². The van der Waals surface area contributed by atoms with Gasteiger partial charge in [0.15, 0.2) is 0 Å². The number of hydrogen-bond acceptors (Lipinski definition) is 0. The van der Waals surface area contributed by atoms with Gasteiger partial charge in [0.2, 0.25) is 0 Å². The Morgan fingerprint density at radius 3 is 1.00 bits per heavy atom. The van der Waals surface area contributed by atoms with Crippen LogP contribution in [0.2, 0.25) is 0 Å². The summed E-state index contributed by atoms with van der Waals surface area (Å²) in [5.41, 5.74) is 0. The van der Waals surface area contributed by atoms with Crippen LogP contribution in [0, 0.1) is 6.42 Å². The van der Waals surface area contributed by atoms with Gasteiger partial charge in [-0.1, -0.05) is 0 Å². The molecule has 0 aliphatic rings. The molecule has 0 bridgehead atoms. The largest absolute Gasteiger partial charge is 0.335 e. The average molecular weight is 416 g/mol. The molecule has 0 nitrogen and oxygen atoms in total. The van der Waals surface area contributed by atoms with Gasteiger partial charge in [0.25, 0.3) is 0 Å². The van der Waals surface area contributed by atoms with Crippen LogP contribution < -0.4 is 0 Å². The molecule has 0 aromatic heterocycles. The van der Waals surface area contributed by atoms with E-state index in [-0.39, 0.29) is 40.8 Å². The Labute approximate surface area is 61.0 Å². The second-order valence-corrected chi connectivity index (χ2v) is 0.577. The Bertz CT molecular complexity index is 4.85. The van der Waals surface area contributed by atoms with E-state index in [0.29, 0.717) is 0 Å². The van der Waals surface area contributed by atoms with Crippen molar-refractivity contribution in [2.24, 2.45) is 0 Å². The SMILES string of the molecule is C[CH-]C.[Re].[Re]. The molecule has 0 rings (SSSR count). The van der Waals surface area contributed by atoms with Crippen LogP contribution in [-0.4, -0.2) is 0 Å². The molecule has 2 radical (unpaired) electrons. The van der Waals surface area contributed by atoms with E-state index in [1.54, 1.807) is 0 Å². The summed E-state index contributed by atoms with van der Waals surface area (Å²) in [5, 5.41) is 0. The fourth-order valence-electron chi connectivity index (χ4n) is 0. The zero-order chi connectivity index (χ0) is 2.71. The monoisotopic (exact) mass is 417 g/mol. The molecule has 34 valence electrons. The second kappa shape index (κ2) is 18.4. The van der Waals surface area contributed by atoms with E-state index < -0.39 is 0 Å². The fourth-order valence-corrected chi connectivity index (χ4v) is 0. The third-order valence-electron chi connectivity index (χ3n) is 0. The van der Waals surface area contributed by atoms with Crippen LogP contribution in [0.3, 0.4) is 0 Å². The average Bonchev–Trinajstić information content (AvgIpc) is 0.918. The molecule has 0 spiro atoms. The molecule has 0 aliphatic carbocycles. The first-order valence-corrected chi connectivity index (χ1v) is 1.15. The zero-order valence-electron chi connectivity index (χ0n) is 3.33. The maximum atomic E-state index is 2.00. The first-order valence-electron chi connectivity index (χ1n) is 1.15. The van der Waals surface area contributed by atoms with Gasteiger partial charge in [0.1, 0.15) is 0 Å². The summed E-state index contributed by atoms with van der Waals surface area (Å²) in [4.78, 5) is 0. The van der Waals surface area contributed by atoms with Crippen LogP contribution in [0.4, 0.5) is 0 Å². The van der Waals surface area contributed by atoms with Crippen LogP contribution in [0.1, 0.15) is 13.8 Å². The first-order chi connectivity index (χ1) is 1.41. The minimum atomic E-state index is 0. The van der Waals surface area contributed by atoms with E-state index >= 15 is 0 Å². The molecule has 0 aromatic carbocycles. The van der Waals surface area contributed by atoms with Gasteiger partial charge < -0.3 is 6.42 Å². The molecular weight excluding hydrogens is 408 g/mol. The van der Waals surface area contributed by atoms with Gasteiger partial charge in [0.05, 0.1) is 0 Å². The van der Waals surface area contributed by atoms with Crippen molar-refractivity contribution in [3.8, 4) is 0 Å². The molecule has 0 N–H and O–H groups in total. The molecule has 0 amide bonds. The Balaban J connectivity index is -0.0000000200. The molecular formula is C3H7Re2-. The molecule has 0 atom stereocenters. The second-order valence-electron chi connectivity index (χ2n) is 0.577. The standard InChI is InChI=1S/C3H7.2Re/c1-3-2;;/h3H,1-2H3;;/q-1;;. The quantitative estimate of drug-likeness (QED) is 0.522. The van der Waals surface area contributed by atoms with E-state index in [0.717, 1.165) is 0 Å². The van der Waals surface area contributed by atoms with Gasteiger partial charge in [0, 0.05) is 40.8 Å². The topological polar surface area (TPSA) is 0 Å². The van der Waals surface area contributed by atoms with Crippen LogP contribution in [0.25, 0.3) is 0 Å². The van der Waals surface area contributed by atoms with Crippen molar-refractivity contribution in [1.29, 1.82) is 0 Å². The van der Waals surface area contributed by atoms with Gasteiger partial charge in [-0.2, -0.15) is 13.8 Å². The van der Waals surface area contributed by atoms with Crippen molar-refractivity contribution >= 4 is 0 Å². The van der Waals surface area contributed by atoms with E-state index in [2.05, 4.69) is 0 Å². The maximum absolute atomic E-state index is 2.00. The van der Waals surface area contributed by atoms with E-state index in [4.69, 9.17) is 0 Å². The summed E-state index contributed by atoms with van der Waals surface area (Å²) >= 11 is 0. The first kappa shape index (κ1) is 16.2. The van der Waals surface area contributed by atoms with Crippen molar-refractivity contribution in [2.75, 3.05) is 0 Å². The molecule has 5 heavy (non-hydrogen) atoms. The smallest absolute Gasteiger partial charge is 0 e. The molecule has 0 fully saturated rings. The normalized spacial score (nSPS) is 3.60. The van der Waals surface area contributed by atoms with E-state index in [1.807, 2.05) is 20.3 Å². The molecule has 0 saturated heterocycles. The molecule has 0 aromatic rings. The Morgan fingerprint density at radius 1 is 1.00 bits per heavy atom. The van der Waals surface area contributed by atoms with E-state index in [9.17, 15) is 0 Å². The van der Waals surface area contributed by atoms with Crippen LogP contribution in [0.15, 0.2) is 0 Å². The van der Waals surface area contributed by atoms with Crippen molar-refractivity contribution in [1.82, 2.24) is 0 Å². The van der Waals surface area contributed by atoms with E-state index in [1.165, 1.54) is 0 Å². The third-order valence-corrected chi connectivity index (χ3v) is 0. The minimum Gasteiger partial charge on any atom is -0.335 e. The van der Waals surface area contributed by atoms with Gasteiger partial charge in [-0.3, -0.25) is 0 Å². The fraction of sp³-hybridized carbons (Fsp3) is 0.667. The van der Waals surface area contributed by atoms with Crippen molar-refractivity contribution in [3.63, 3.8) is 0 Å². The Kier molecular flexibility index (Phi) is 59.8. The predicted molar refractivity (Wildman–Crippen MR) is 15.6 cm³/mol. The predicted octanol–water partition coefficient (Wildman–Crippen LogP) is 1.23. The Hall–Kier alpha value is 1.32. The summed E-state index contributed by atoms with van der Waals surface area (Å²) in [7, 11) is 0. The number of rotatable bonds is 0. The summed E-state index contributed by atoms with van der Waals surface area (Å²) in [6.45, 7) is 4.00. The van der Waals surface area contributed by atoms with Gasteiger partial charge in [-0.05, 0) is 0 Å². The molecule has 0 unspecified atom stereocenters. The summed E-state index contributed by atoms with van der Waals surface area (Å²) in [6.07, 6.45) is 2.00. The minimum absolute atomic E-state index is 0. The number of hydrogen-bond donors (Lipinski definition) is 0. The molecule has 0 aliphatic heterocycles. The van der Waals surface area contributed by atoms with Gasteiger partial charge in [-0.15, -0.1) is 0 Å². The van der Waals surface area contributed by atoms with Crippen LogP contribution in [0.5, 0.6) is 0 Å². The Morgan fingerprint density at radius 2 is 1.00 bits per heavy atom. The van der Waals surface area contributed by atoms with Crippen molar-refractivity contribution in [2.45, 2.75) is 13.8 Å². The zero-order valence-corrected chi connectivity index (χ0v) is 8.76. The molecule has 0 saturated carbocycles. The van der Waals surface area contributed by atoms with Crippen molar-refractivity contribution < 1.29 is 40.8 Å². The van der Waals surface area contributed by atoms with Gasteiger partial charge in [-0.25, -0.2) is 0 Å². The molecule has 0 heterocycles. The van der Waals surface area contributed by atoms with Crippen molar-refractivity contribution in [3.05, 3.63) is 6.42 Å². The third kappa shape index (κ3) is 33.5. The van der Waals surface area contributed by atoms with Crippen LogP contribution >= 0.6 is 0 Å².